The lowest BCUT2D eigenvalue weighted by atomic mass is 9.80. The van der Waals surface area contributed by atoms with Gasteiger partial charge in [-0.05, 0) is 128 Å². The summed E-state index contributed by atoms with van der Waals surface area (Å²) in [5.41, 5.74) is 5.03. The van der Waals surface area contributed by atoms with Crippen LogP contribution in [0.2, 0.25) is 0 Å². The SMILES string of the molecule is Br.CCCCCCCC/C=C\CCCCCCCC(=O)OCC(OC(=O)CCCCCCC/C=C\CCCCCCCC)C(N)(C(=O)CCCCCCC/C=C\CCCCCCCC)C(=O)CCCCCCC/C=C\CCCCCCCC. The van der Waals surface area contributed by atoms with Crippen LogP contribution < -0.4 is 5.73 Å². The zero-order valence-electron chi connectivity index (χ0n) is 55.4. The van der Waals surface area contributed by atoms with Gasteiger partial charge in [0.2, 0.25) is 0 Å². The zero-order chi connectivity index (χ0) is 59.8. The van der Waals surface area contributed by atoms with Crippen molar-refractivity contribution in [2.24, 2.45) is 5.73 Å². The molecule has 0 rings (SSSR count). The highest BCUT2D eigenvalue weighted by Gasteiger charge is 2.50. The molecule has 486 valence electrons. The first-order valence-corrected chi connectivity index (χ1v) is 36.1. The smallest absolute Gasteiger partial charge is 0.306 e. The predicted molar refractivity (Wildman–Crippen MR) is 366 cm³/mol. The molecule has 0 aromatic carbocycles. The van der Waals surface area contributed by atoms with Crippen molar-refractivity contribution < 1.29 is 28.7 Å². The van der Waals surface area contributed by atoms with E-state index in [-0.39, 0.29) is 42.7 Å². The molecule has 0 aliphatic carbocycles. The molecular formula is C75H138BrNO6. The molecule has 0 spiro atoms. The number of esters is 2. The number of carbonyl (C=O) groups excluding carboxylic acids is 4. The van der Waals surface area contributed by atoms with E-state index in [0.717, 1.165) is 141 Å². The van der Waals surface area contributed by atoms with Crippen LogP contribution in [0.15, 0.2) is 48.6 Å². The van der Waals surface area contributed by atoms with Crippen LogP contribution in [-0.4, -0.2) is 41.8 Å². The number of carbonyl (C=O) groups is 4. The molecule has 7 nitrogen and oxygen atoms in total. The zero-order valence-corrected chi connectivity index (χ0v) is 57.1. The summed E-state index contributed by atoms with van der Waals surface area (Å²) in [6.07, 6.45) is 77.8. The fourth-order valence-corrected chi connectivity index (χ4v) is 11.0. The second-order valence-corrected chi connectivity index (χ2v) is 24.7. The number of rotatable bonds is 66. The van der Waals surface area contributed by atoms with Crippen LogP contribution >= 0.6 is 17.0 Å². The summed E-state index contributed by atoms with van der Waals surface area (Å²) in [5, 5.41) is 0. The number of Topliss-reactive ketones (excluding diaryl/α,β-unsaturated/α-hetero) is 2. The summed E-state index contributed by atoms with van der Waals surface area (Å²) in [5.74, 6) is -1.72. The van der Waals surface area contributed by atoms with E-state index in [0.29, 0.717) is 25.7 Å². The van der Waals surface area contributed by atoms with Gasteiger partial charge in [0.1, 0.15) is 6.61 Å². The van der Waals surface area contributed by atoms with Crippen molar-refractivity contribution in [1.29, 1.82) is 0 Å². The maximum atomic E-state index is 14.5. The number of halogens is 1. The first-order valence-electron chi connectivity index (χ1n) is 36.1. The van der Waals surface area contributed by atoms with E-state index < -0.39 is 41.8 Å². The van der Waals surface area contributed by atoms with Gasteiger partial charge in [-0.15, -0.1) is 17.0 Å². The lowest BCUT2D eigenvalue weighted by molar-refractivity contribution is -0.168. The third-order valence-electron chi connectivity index (χ3n) is 16.7. The van der Waals surface area contributed by atoms with Crippen molar-refractivity contribution in [2.45, 2.75) is 399 Å². The van der Waals surface area contributed by atoms with Gasteiger partial charge >= 0.3 is 11.9 Å². The molecule has 0 fully saturated rings. The van der Waals surface area contributed by atoms with Crippen LogP contribution in [0.5, 0.6) is 0 Å². The standard InChI is InChI=1S/C75H137NO6.BrH/c1-5-9-13-17-21-25-29-33-37-41-45-49-53-57-61-65-70(77)75(76,71(78)66-62-58-54-50-46-42-38-34-30-26-22-18-14-10-6-2)72(82-74(80)68-64-60-56-52-48-44-40-36-32-28-24-20-16-12-8-4)69-81-73(79)67-63-59-55-51-47-43-39-35-31-27-23-19-15-11-7-3;/h33-40,72H,5-32,41-69,76H2,1-4H3;1H/b37-33-,38-34-,39-35-,40-36-;. The van der Waals surface area contributed by atoms with Crippen LogP contribution in [0.3, 0.4) is 0 Å². The Labute approximate surface area is 526 Å². The van der Waals surface area contributed by atoms with E-state index in [2.05, 4.69) is 76.3 Å². The summed E-state index contributed by atoms with van der Waals surface area (Å²) in [6, 6.07) is 0. The lowest BCUT2D eigenvalue weighted by Crippen LogP contribution is -2.65. The van der Waals surface area contributed by atoms with Gasteiger partial charge in [0.05, 0.1) is 0 Å². The fourth-order valence-electron chi connectivity index (χ4n) is 11.0. The summed E-state index contributed by atoms with van der Waals surface area (Å²) in [7, 11) is 0. The van der Waals surface area contributed by atoms with Gasteiger partial charge in [-0.25, -0.2) is 0 Å². The minimum Gasteiger partial charge on any atom is -0.462 e. The molecule has 2 N–H and O–H groups in total. The topological polar surface area (TPSA) is 113 Å². The number of allylic oxidation sites excluding steroid dienone is 8. The average molecular weight is 1230 g/mol. The number of ketones is 2. The number of nitrogens with two attached hydrogens (primary N) is 1. The van der Waals surface area contributed by atoms with Crippen molar-refractivity contribution in [2.75, 3.05) is 6.61 Å². The molecular weight excluding hydrogens is 1090 g/mol. The molecule has 0 radical (unpaired) electrons. The van der Waals surface area contributed by atoms with Crippen LogP contribution in [-0.2, 0) is 28.7 Å². The Bertz CT molecular complexity index is 1490. The van der Waals surface area contributed by atoms with Crippen LogP contribution in [0.25, 0.3) is 0 Å². The Kier molecular flexibility index (Phi) is 67.0. The summed E-state index contributed by atoms with van der Waals surface area (Å²) < 4.78 is 11.9. The minimum atomic E-state index is -2.08. The Morgan fingerprint density at radius 2 is 0.506 bits per heavy atom. The second-order valence-electron chi connectivity index (χ2n) is 24.7. The number of ether oxygens (including phenoxy) is 2. The number of hydrogen-bond acceptors (Lipinski definition) is 7. The van der Waals surface area contributed by atoms with Gasteiger partial charge in [-0.3, -0.25) is 19.2 Å². The van der Waals surface area contributed by atoms with E-state index in [9.17, 15) is 19.2 Å². The molecule has 0 amide bonds. The average Bonchev–Trinajstić information content (AvgIpc) is 3.51. The highest BCUT2D eigenvalue weighted by Crippen LogP contribution is 2.25. The molecule has 83 heavy (non-hydrogen) atoms. The van der Waals surface area contributed by atoms with Crippen molar-refractivity contribution >= 4 is 40.5 Å². The highest BCUT2D eigenvalue weighted by atomic mass is 79.9. The van der Waals surface area contributed by atoms with Crippen molar-refractivity contribution in [3.63, 3.8) is 0 Å². The van der Waals surface area contributed by atoms with E-state index in [1.54, 1.807) is 0 Å². The highest BCUT2D eigenvalue weighted by molar-refractivity contribution is 8.93. The van der Waals surface area contributed by atoms with E-state index in [1.165, 1.54) is 167 Å². The van der Waals surface area contributed by atoms with Gasteiger partial charge < -0.3 is 15.2 Å². The van der Waals surface area contributed by atoms with Gasteiger partial charge in [-0.1, -0.05) is 282 Å². The third-order valence-corrected chi connectivity index (χ3v) is 16.7. The minimum absolute atomic E-state index is 0. The van der Waals surface area contributed by atoms with Gasteiger partial charge in [0.25, 0.3) is 0 Å². The summed E-state index contributed by atoms with van der Waals surface area (Å²) in [6.45, 7) is 8.65. The molecule has 0 bridgehead atoms. The van der Waals surface area contributed by atoms with Crippen molar-refractivity contribution in [3.05, 3.63) is 48.6 Å². The summed E-state index contributed by atoms with van der Waals surface area (Å²) >= 11 is 0. The predicted octanol–water partition coefficient (Wildman–Crippen LogP) is 24.0. The molecule has 0 aliphatic rings. The van der Waals surface area contributed by atoms with Gasteiger partial charge in [0, 0.05) is 25.7 Å². The van der Waals surface area contributed by atoms with Crippen molar-refractivity contribution in [3.8, 4) is 0 Å². The van der Waals surface area contributed by atoms with Crippen molar-refractivity contribution in [1.82, 2.24) is 0 Å². The molecule has 0 aliphatic heterocycles. The van der Waals surface area contributed by atoms with Crippen LogP contribution in [0, 0.1) is 0 Å². The van der Waals surface area contributed by atoms with E-state index >= 15 is 0 Å². The Morgan fingerprint density at radius 3 is 0.759 bits per heavy atom. The molecule has 0 heterocycles. The normalized spacial score (nSPS) is 12.3. The fraction of sp³-hybridized carbons (Fsp3) is 0.840. The van der Waals surface area contributed by atoms with Gasteiger partial charge in [0.15, 0.2) is 23.2 Å². The molecule has 0 saturated heterocycles. The molecule has 0 aromatic rings. The maximum Gasteiger partial charge on any atom is 0.306 e. The molecule has 8 heteroatoms. The third kappa shape index (κ3) is 56.0. The summed E-state index contributed by atoms with van der Waals surface area (Å²) in [4.78, 5) is 56.0. The van der Waals surface area contributed by atoms with Crippen LogP contribution in [0.1, 0.15) is 387 Å². The lowest BCUT2D eigenvalue weighted by Gasteiger charge is -2.34. The Balaban J connectivity index is 0. The molecule has 0 aromatic heterocycles. The quantitative estimate of drug-likeness (QED) is 0.0279. The van der Waals surface area contributed by atoms with Crippen LogP contribution in [0.4, 0.5) is 0 Å². The number of unbranched alkanes of at least 4 members (excludes halogenated alkanes) is 44. The Morgan fingerprint density at radius 1 is 0.301 bits per heavy atom. The molecule has 0 saturated carbocycles. The largest absolute Gasteiger partial charge is 0.462 e. The molecule has 1 atom stereocenters. The van der Waals surface area contributed by atoms with E-state index in [1.807, 2.05) is 0 Å². The second kappa shape index (κ2) is 67.2. The monoisotopic (exact) mass is 1230 g/mol. The number of hydrogen-bond donors (Lipinski definition) is 1. The van der Waals surface area contributed by atoms with E-state index in [4.69, 9.17) is 15.2 Å². The van der Waals surface area contributed by atoms with Gasteiger partial charge in [-0.2, -0.15) is 0 Å². The first kappa shape index (κ1) is 82.7. The first-order chi connectivity index (χ1) is 40.3. The Hall–Kier alpha value is -2.32. The molecule has 1 unspecified atom stereocenters. The maximum absolute atomic E-state index is 14.5.